The van der Waals surface area contributed by atoms with Crippen LogP contribution in [0.2, 0.25) is 19.6 Å². The minimum atomic E-state index is -1.58. The summed E-state index contributed by atoms with van der Waals surface area (Å²) < 4.78 is 18.1. The van der Waals surface area contributed by atoms with Crippen molar-refractivity contribution in [1.29, 1.82) is 0 Å². The Hall–Kier alpha value is -0.883. The Morgan fingerprint density at radius 3 is 2.66 bits per heavy atom. The van der Waals surface area contributed by atoms with Crippen LogP contribution >= 0.6 is 0 Å². The van der Waals surface area contributed by atoms with Gasteiger partial charge in [0.05, 0.1) is 18.4 Å². The van der Waals surface area contributed by atoms with Crippen LogP contribution in [-0.2, 0) is 23.5 Å². The third-order valence-corrected chi connectivity index (χ3v) is 10.5. The average Bonchev–Trinajstić information content (AvgIpc) is 3.11. The lowest BCUT2D eigenvalue weighted by Gasteiger charge is -2.44. The first kappa shape index (κ1) is 20.0. The molecule has 0 aromatic heterocycles. The largest absolute Gasteiger partial charge is 0.469 e. The van der Waals surface area contributed by atoms with Crippen LogP contribution in [0.15, 0.2) is 0 Å². The predicted molar refractivity (Wildman–Crippen MR) is 110 cm³/mol. The molecule has 5 rings (SSSR count). The van der Waals surface area contributed by atoms with Gasteiger partial charge in [-0.3, -0.25) is 9.59 Å². The second kappa shape index (κ2) is 6.09. The van der Waals surface area contributed by atoms with E-state index in [4.69, 9.17) is 13.9 Å². The third-order valence-electron chi connectivity index (χ3n) is 9.42. The van der Waals surface area contributed by atoms with Crippen molar-refractivity contribution in [2.75, 3.05) is 13.7 Å². The molecule has 1 spiro atoms. The van der Waals surface area contributed by atoms with Crippen molar-refractivity contribution in [2.24, 2.45) is 40.4 Å². The Kier molecular flexibility index (Phi) is 4.21. The normalized spacial score (nSPS) is 50.1. The van der Waals surface area contributed by atoms with Crippen molar-refractivity contribution in [2.45, 2.75) is 77.1 Å². The number of fused-ring (bicyclic) bond motifs is 1. The van der Waals surface area contributed by atoms with E-state index in [0.717, 1.165) is 45.1 Å². The molecule has 29 heavy (non-hydrogen) atoms. The number of rotatable bonds is 4. The lowest BCUT2D eigenvalue weighted by atomic mass is 9.60. The molecule has 8 atom stereocenters. The summed E-state index contributed by atoms with van der Waals surface area (Å²) in [5.74, 6) is 1.01. The molecular formula is C23H36O5Si. The monoisotopic (exact) mass is 420 g/mol. The van der Waals surface area contributed by atoms with Crippen LogP contribution in [0, 0.1) is 40.4 Å². The topological polar surface area (TPSA) is 61.8 Å². The quantitative estimate of drug-likeness (QED) is 0.505. The van der Waals surface area contributed by atoms with E-state index in [1.165, 1.54) is 13.5 Å². The van der Waals surface area contributed by atoms with Gasteiger partial charge in [0, 0.05) is 18.4 Å². The van der Waals surface area contributed by atoms with Gasteiger partial charge in [0.15, 0.2) is 8.32 Å². The molecule has 0 aromatic rings. The van der Waals surface area contributed by atoms with Gasteiger partial charge >= 0.3 is 11.9 Å². The summed E-state index contributed by atoms with van der Waals surface area (Å²) >= 11 is 0. The highest BCUT2D eigenvalue weighted by Gasteiger charge is 2.82. The van der Waals surface area contributed by atoms with Crippen LogP contribution in [0.3, 0.4) is 0 Å². The van der Waals surface area contributed by atoms with E-state index < -0.39 is 19.3 Å². The predicted octanol–water partition coefficient (Wildman–Crippen LogP) is 4.17. The molecule has 1 aliphatic heterocycles. The van der Waals surface area contributed by atoms with E-state index in [2.05, 4.69) is 26.6 Å². The smallest absolute Gasteiger partial charge is 0.312 e. The fourth-order valence-electron chi connectivity index (χ4n) is 8.59. The van der Waals surface area contributed by atoms with Crippen molar-refractivity contribution in [3.05, 3.63) is 0 Å². The van der Waals surface area contributed by atoms with Gasteiger partial charge in [0.25, 0.3) is 0 Å². The van der Waals surface area contributed by atoms with Gasteiger partial charge in [-0.05, 0) is 88.8 Å². The van der Waals surface area contributed by atoms with Gasteiger partial charge in [-0.1, -0.05) is 0 Å². The lowest BCUT2D eigenvalue weighted by molar-refractivity contribution is -0.161. The molecule has 0 aromatic carbocycles. The molecule has 5 aliphatic rings. The molecule has 162 valence electrons. The maximum atomic E-state index is 13.3. The molecule has 1 saturated heterocycles. The van der Waals surface area contributed by atoms with Crippen molar-refractivity contribution in [3.63, 3.8) is 0 Å². The Bertz CT molecular complexity index is 746. The van der Waals surface area contributed by atoms with E-state index in [0.29, 0.717) is 17.8 Å². The van der Waals surface area contributed by atoms with Crippen LogP contribution in [0.25, 0.3) is 0 Å². The Morgan fingerprint density at radius 2 is 1.97 bits per heavy atom. The number of hydrogen-bond acceptors (Lipinski definition) is 5. The molecule has 0 radical (unpaired) electrons. The molecule has 4 aliphatic carbocycles. The van der Waals surface area contributed by atoms with Crippen molar-refractivity contribution < 1.29 is 23.5 Å². The molecule has 4 bridgehead atoms. The van der Waals surface area contributed by atoms with Crippen LogP contribution in [-0.4, -0.2) is 39.6 Å². The molecule has 6 heteroatoms. The molecule has 2 unspecified atom stereocenters. The summed E-state index contributed by atoms with van der Waals surface area (Å²) in [5, 5.41) is 0. The van der Waals surface area contributed by atoms with Crippen molar-refractivity contribution in [3.8, 4) is 0 Å². The fourth-order valence-corrected chi connectivity index (χ4v) is 9.31. The van der Waals surface area contributed by atoms with E-state index >= 15 is 0 Å². The zero-order valence-electron chi connectivity index (χ0n) is 18.6. The number of esters is 2. The van der Waals surface area contributed by atoms with Gasteiger partial charge in [0.1, 0.15) is 5.60 Å². The van der Waals surface area contributed by atoms with Gasteiger partial charge < -0.3 is 13.9 Å². The standard InChI is InChI=1S/C23H36O5Si/c1-21-9-6-10-23(28-20(21)25)16-8-7-14-11-22(16,17(18(21)23)19(24)26-2)12-15(14)13-27-29(3,4)5/h14-18H,6-13H2,1-5H3/t14?,15-,16+,17+,18+,21?,22+,23+/m0/s1. The van der Waals surface area contributed by atoms with Gasteiger partial charge in [-0.15, -0.1) is 0 Å². The zero-order chi connectivity index (χ0) is 20.8. The van der Waals surface area contributed by atoms with Crippen LogP contribution < -0.4 is 0 Å². The average molecular weight is 421 g/mol. The number of carbonyl (C=O) groups is 2. The Morgan fingerprint density at radius 1 is 1.21 bits per heavy atom. The number of methoxy groups -OCH3 is 1. The summed E-state index contributed by atoms with van der Waals surface area (Å²) in [6.07, 6.45) is 7.11. The second-order valence-corrected chi connectivity index (χ2v) is 16.3. The molecule has 5 nitrogen and oxygen atoms in total. The van der Waals surface area contributed by atoms with E-state index in [1.807, 2.05) is 0 Å². The lowest BCUT2D eigenvalue weighted by Crippen LogP contribution is -2.47. The Balaban J connectivity index is 1.56. The molecule has 0 amide bonds. The third kappa shape index (κ3) is 2.48. The minimum absolute atomic E-state index is 0.0240. The van der Waals surface area contributed by atoms with E-state index in [1.54, 1.807) is 0 Å². The highest BCUT2D eigenvalue weighted by molar-refractivity contribution is 6.69. The van der Waals surface area contributed by atoms with Crippen molar-refractivity contribution >= 4 is 20.3 Å². The highest BCUT2D eigenvalue weighted by Crippen LogP contribution is 2.78. The number of ether oxygens (including phenoxy) is 2. The maximum Gasteiger partial charge on any atom is 0.312 e. The van der Waals surface area contributed by atoms with E-state index in [-0.39, 0.29) is 29.2 Å². The van der Waals surface area contributed by atoms with Gasteiger partial charge in [0.2, 0.25) is 0 Å². The van der Waals surface area contributed by atoms with Crippen LogP contribution in [0.5, 0.6) is 0 Å². The van der Waals surface area contributed by atoms with Gasteiger partial charge in [-0.2, -0.15) is 0 Å². The number of hydrogen-bond donors (Lipinski definition) is 0. The summed E-state index contributed by atoms with van der Waals surface area (Å²) in [7, 11) is -0.0682. The molecule has 5 fully saturated rings. The summed E-state index contributed by atoms with van der Waals surface area (Å²) in [6.45, 7) is 9.61. The fraction of sp³-hybridized carbons (Fsp3) is 0.913. The molecule has 4 saturated carbocycles. The zero-order valence-corrected chi connectivity index (χ0v) is 19.6. The van der Waals surface area contributed by atoms with Crippen molar-refractivity contribution in [1.82, 2.24) is 0 Å². The summed E-state index contributed by atoms with van der Waals surface area (Å²) in [4.78, 5) is 26.3. The van der Waals surface area contributed by atoms with Crippen LogP contribution in [0.4, 0.5) is 0 Å². The first-order chi connectivity index (χ1) is 13.6. The summed E-state index contributed by atoms with van der Waals surface area (Å²) in [5.41, 5.74) is -1.06. The highest BCUT2D eigenvalue weighted by atomic mass is 28.4. The Labute approximate surface area is 175 Å². The first-order valence-corrected chi connectivity index (χ1v) is 14.9. The van der Waals surface area contributed by atoms with Crippen LogP contribution in [0.1, 0.15) is 51.9 Å². The van der Waals surface area contributed by atoms with E-state index in [9.17, 15) is 9.59 Å². The second-order valence-electron chi connectivity index (χ2n) is 11.8. The molecule has 1 heterocycles. The van der Waals surface area contributed by atoms with Gasteiger partial charge in [-0.25, -0.2) is 0 Å². The minimum Gasteiger partial charge on any atom is -0.469 e. The SMILES string of the molecule is COC(=O)[C@H]1[C@@H]2C3(C)CCC[C@@]2(OC3=O)[C@@H]2CCC3C[C@@]21C[C@H]3CO[Si](C)(C)C. The maximum absolute atomic E-state index is 13.3. The number of carbonyl (C=O) groups excluding carboxylic acids is 2. The first-order valence-electron chi connectivity index (χ1n) is 11.5. The molecule has 0 N–H and O–H groups in total. The summed E-state index contributed by atoms with van der Waals surface area (Å²) in [6, 6.07) is 0. The molecular weight excluding hydrogens is 384 g/mol.